The van der Waals surface area contributed by atoms with Crippen LogP contribution in [-0.2, 0) is 5.41 Å². The van der Waals surface area contributed by atoms with Gasteiger partial charge in [0.2, 0.25) is 0 Å². The number of rotatable bonds is 4. The number of benzene rings is 8. The van der Waals surface area contributed by atoms with E-state index >= 15 is 0 Å². The average molecular weight is 761 g/mol. The summed E-state index contributed by atoms with van der Waals surface area (Å²) < 4.78 is 0. The molecule has 3 aliphatic heterocycles. The molecule has 1 spiro atoms. The van der Waals surface area contributed by atoms with Crippen LogP contribution in [0.1, 0.15) is 62.3 Å². The van der Waals surface area contributed by atoms with Crippen LogP contribution in [0.15, 0.2) is 214 Å². The third kappa shape index (κ3) is 4.96. The van der Waals surface area contributed by atoms with Gasteiger partial charge in [0, 0.05) is 32.2 Å². The number of nitrogens with one attached hydrogen (secondary N) is 2. The number of fused-ring (bicyclic) bond motifs is 12. The standard InChI is InChI=1S/C53H36N4S/c1-3-16-33(17-4-1)50-55-51(34-18-5-2-6-19-34)57-52(56-50)36-21-15-20-35(30-36)49-41-32-48-45(31-40(41)39-24-9-13-28-46(39)54-49)53(44-27-12-14-29-47(44)58-48)42-25-10-7-22-37(42)38-23-8-11-26-43(38)53/h1-32,49-50,54H,(H,55,56,57). The summed E-state index contributed by atoms with van der Waals surface area (Å²) in [5, 5.41) is 7.62. The van der Waals surface area contributed by atoms with Crippen molar-refractivity contribution >= 4 is 29.1 Å². The van der Waals surface area contributed by atoms with Crippen LogP contribution in [0.5, 0.6) is 0 Å². The van der Waals surface area contributed by atoms with E-state index in [4.69, 9.17) is 9.98 Å². The highest BCUT2D eigenvalue weighted by molar-refractivity contribution is 7.99. The Labute approximate surface area is 342 Å². The number of anilines is 1. The molecular formula is C53H36N4S. The van der Waals surface area contributed by atoms with Crippen molar-refractivity contribution in [3.63, 3.8) is 0 Å². The Hall–Kier alpha value is -6.95. The Morgan fingerprint density at radius 1 is 0.431 bits per heavy atom. The van der Waals surface area contributed by atoms with Crippen LogP contribution in [0.25, 0.3) is 22.3 Å². The average Bonchev–Trinajstić information content (AvgIpc) is 3.59. The number of para-hydroxylation sites is 1. The van der Waals surface area contributed by atoms with E-state index in [1.807, 2.05) is 23.9 Å². The lowest BCUT2D eigenvalue weighted by Gasteiger charge is -2.41. The molecule has 2 unspecified atom stereocenters. The summed E-state index contributed by atoms with van der Waals surface area (Å²) in [6, 6.07) is 70.3. The minimum Gasteiger partial charge on any atom is -0.374 e. The van der Waals surface area contributed by atoms with Crippen LogP contribution in [0, 0.1) is 0 Å². The van der Waals surface area contributed by atoms with Crippen molar-refractivity contribution in [2.24, 2.45) is 9.98 Å². The van der Waals surface area contributed by atoms with E-state index in [-0.39, 0.29) is 12.2 Å². The molecule has 0 fully saturated rings. The monoisotopic (exact) mass is 760 g/mol. The number of amidine groups is 2. The first kappa shape index (κ1) is 33.2. The van der Waals surface area contributed by atoms with Gasteiger partial charge < -0.3 is 10.6 Å². The lowest BCUT2D eigenvalue weighted by Crippen LogP contribution is -2.36. The number of aliphatic imine (C=N–C) groups is 2. The van der Waals surface area contributed by atoms with Gasteiger partial charge in [0.1, 0.15) is 11.7 Å². The molecule has 8 aromatic carbocycles. The smallest absolute Gasteiger partial charge is 0.169 e. The van der Waals surface area contributed by atoms with E-state index in [2.05, 4.69) is 193 Å². The van der Waals surface area contributed by atoms with E-state index < -0.39 is 5.41 Å². The molecular weight excluding hydrogens is 725 g/mol. The van der Waals surface area contributed by atoms with E-state index in [0.29, 0.717) is 0 Å². The Balaban J connectivity index is 1.03. The van der Waals surface area contributed by atoms with Gasteiger partial charge in [-0.25, -0.2) is 9.98 Å². The molecule has 1 aliphatic carbocycles. The summed E-state index contributed by atoms with van der Waals surface area (Å²) in [6.45, 7) is 0. The Morgan fingerprint density at radius 2 is 1.02 bits per heavy atom. The van der Waals surface area contributed by atoms with Crippen molar-refractivity contribution in [1.29, 1.82) is 0 Å². The number of nitrogens with zero attached hydrogens (tertiary/aromatic N) is 2. The zero-order valence-electron chi connectivity index (χ0n) is 31.4. The third-order valence-electron chi connectivity index (χ3n) is 12.2. The third-order valence-corrected chi connectivity index (χ3v) is 13.4. The predicted octanol–water partition coefficient (Wildman–Crippen LogP) is 12.2. The van der Waals surface area contributed by atoms with Gasteiger partial charge in [0.25, 0.3) is 0 Å². The highest BCUT2D eigenvalue weighted by Crippen LogP contribution is 2.63. The molecule has 2 N–H and O–H groups in total. The maximum atomic E-state index is 5.22. The van der Waals surface area contributed by atoms with Gasteiger partial charge in [-0.15, -0.1) is 0 Å². The first-order valence-corrected chi connectivity index (χ1v) is 20.7. The molecule has 58 heavy (non-hydrogen) atoms. The molecule has 274 valence electrons. The molecule has 0 amide bonds. The first-order chi connectivity index (χ1) is 28.7. The van der Waals surface area contributed by atoms with Crippen molar-refractivity contribution in [2.45, 2.75) is 27.4 Å². The summed E-state index contributed by atoms with van der Waals surface area (Å²) in [5.41, 5.74) is 16.7. The second-order valence-corrected chi connectivity index (χ2v) is 16.4. The minimum atomic E-state index is -0.438. The van der Waals surface area contributed by atoms with Crippen LogP contribution in [0.4, 0.5) is 5.69 Å². The zero-order chi connectivity index (χ0) is 38.2. The lowest BCUT2D eigenvalue weighted by molar-refractivity contribution is 0.720. The van der Waals surface area contributed by atoms with E-state index in [9.17, 15) is 0 Å². The molecule has 0 saturated carbocycles. The molecule has 0 aromatic heterocycles. The van der Waals surface area contributed by atoms with Crippen LogP contribution >= 0.6 is 11.8 Å². The largest absolute Gasteiger partial charge is 0.374 e. The predicted molar refractivity (Wildman–Crippen MR) is 237 cm³/mol. The summed E-state index contributed by atoms with van der Waals surface area (Å²) in [7, 11) is 0. The molecule has 8 aromatic rings. The molecule has 0 bridgehead atoms. The fraction of sp³-hybridized carbons (Fsp3) is 0.0566. The molecule has 2 atom stereocenters. The first-order valence-electron chi connectivity index (χ1n) is 19.9. The van der Waals surface area contributed by atoms with E-state index in [1.54, 1.807) is 0 Å². The van der Waals surface area contributed by atoms with Gasteiger partial charge in [0.15, 0.2) is 6.17 Å². The van der Waals surface area contributed by atoms with Crippen molar-refractivity contribution < 1.29 is 0 Å². The molecule has 0 saturated heterocycles. The van der Waals surface area contributed by atoms with E-state index in [0.717, 1.165) is 34.0 Å². The highest BCUT2D eigenvalue weighted by atomic mass is 32.2. The lowest BCUT2D eigenvalue weighted by atomic mass is 9.66. The molecule has 12 rings (SSSR count). The fourth-order valence-corrected chi connectivity index (χ4v) is 10.9. The van der Waals surface area contributed by atoms with Crippen LogP contribution in [0.2, 0.25) is 0 Å². The molecule has 0 radical (unpaired) electrons. The van der Waals surface area contributed by atoms with Gasteiger partial charge >= 0.3 is 0 Å². The second-order valence-electron chi connectivity index (χ2n) is 15.4. The number of hydrogen-bond acceptors (Lipinski definition) is 5. The summed E-state index contributed by atoms with van der Waals surface area (Å²) in [5.74, 6) is 1.62. The Kier molecular flexibility index (Phi) is 7.47. The highest BCUT2D eigenvalue weighted by Gasteiger charge is 2.50. The van der Waals surface area contributed by atoms with Crippen LogP contribution in [-0.4, -0.2) is 11.7 Å². The molecule has 4 aliphatic rings. The van der Waals surface area contributed by atoms with Gasteiger partial charge in [-0.2, -0.15) is 0 Å². The van der Waals surface area contributed by atoms with Crippen molar-refractivity contribution in [2.75, 3.05) is 5.32 Å². The van der Waals surface area contributed by atoms with Gasteiger partial charge in [-0.05, 0) is 86.0 Å². The van der Waals surface area contributed by atoms with Gasteiger partial charge in [-0.1, -0.05) is 176 Å². The van der Waals surface area contributed by atoms with Crippen molar-refractivity contribution in [1.82, 2.24) is 5.32 Å². The maximum Gasteiger partial charge on any atom is 0.169 e. The molecule has 4 nitrogen and oxygen atoms in total. The minimum absolute atomic E-state index is 0.0941. The summed E-state index contributed by atoms with van der Waals surface area (Å²) >= 11 is 1.90. The zero-order valence-corrected chi connectivity index (χ0v) is 32.2. The van der Waals surface area contributed by atoms with Gasteiger partial charge in [-0.3, -0.25) is 0 Å². The summed E-state index contributed by atoms with van der Waals surface area (Å²) in [6.07, 6.45) is -0.360. The normalized spacial score (nSPS) is 17.5. The second kappa shape index (κ2) is 13.1. The van der Waals surface area contributed by atoms with Crippen LogP contribution < -0.4 is 10.6 Å². The number of hydrogen-bond donors (Lipinski definition) is 2. The SMILES string of the molecule is c1ccc(C2=NC(c3ccccc3)N=C(c3cccc(C4Nc5ccccc5-c5cc6c(cc54)Sc4ccccc4C64c5ccccc5-c5ccccc54)c3)N2)cc1. The Bertz CT molecular complexity index is 2960. The van der Waals surface area contributed by atoms with Crippen LogP contribution in [0.3, 0.4) is 0 Å². The van der Waals surface area contributed by atoms with E-state index in [1.165, 1.54) is 65.4 Å². The van der Waals surface area contributed by atoms with Gasteiger partial charge in [0.05, 0.1) is 11.5 Å². The molecule has 3 heterocycles. The maximum absolute atomic E-state index is 5.22. The summed E-state index contributed by atoms with van der Waals surface area (Å²) in [4.78, 5) is 12.9. The Morgan fingerprint density at radius 3 is 1.78 bits per heavy atom. The topological polar surface area (TPSA) is 48.8 Å². The quantitative estimate of drug-likeness (QED) is 0.188. The fourth-order valence-electron chi connectivity index (χ4n) is 9.71. The van der Waals surface area contributed by atoms with Crippen molar-refractivity contribution in [3.8, 4) is 22.3 Å². The molecule has 5 heteroatoms. The van der Waals surface area contributed by atoms with Crippen molar-refractivity contribution in [3.05, 3.63) is 244 Å².